The molecule has 0 aromatic heterocycles. The molecule has 3 N–H and O–H groups in total. The fraction of sp³-hybridized carbons (Fsp3) is 0.238. The van der Waals surface area contributed by atoms with E-state index in [9.17, 15) is 9.59 Å². The van der Waals surface area contributed by atoms with E-state index in [1.165, 1.54) is 0 Å². The smallest absolute Gasteiger partial charge is 0.319 e. The minimum absolute atomic E-state index is 0.229. The highest BCUT2D eigenvalue weighted by Gasteiger charge is 2.31. The number of amides is 3. The Balaban J connectivity index is 1.95. The van der Waals surface area contributed by atoms with E-state index in [1.807, 2.05) is 63.2 Å². The second-order valence-corrected chi connectivity index (χ2v) is 6.75. The summed E-state index contributed by atoms with van der Waals surface area (Å²) < 4.78 is 0. The number of nitrogens with one attached hydrogen (secondary N) is 3. The summed E-state index contributed by atoms with van der Waals surface area (Å²) in [6.45, 7) is 7.72. The van der Waals surface area contributed by atoms with E-state index in [-0.39, 0.29) is 11.9 Å². The van der Waals surface area contributed by atoms with Crippen LogP contribution in [0.25, 0.3) is 0 Å². The molecule has 0 fully saturated rings. The highest BCUT2D eigenvalue weighted by Crippen LogP contribution is 2.28. The highest BCUT2D eigenvalue weighted by atomic mass is 16.2. The van der Waals surface area contributed by atoms with Crippen LogP contribution in [0, 0.1) is 20.8 Å². The second kappa shape index (κ2) is 7.04. The summed E-state index contributed by atoms with van der Waals surface area (Å²) in [6, 6.07) is 12.9. The van der Waals surface area contributed by atoms with Gasteiger partial charge in [-0.05, 0) is 44.9 Å². The fourth-order valence-corrected chi connectivity index (χ4v) is 3.15. The van der Waals surface area contributed by atoms with Crippen molar-refractivity contribution in [1.29, 1.82) is 0 Å². The molecule has 3 amide bonds. The van der Waals surface area contributed by atoms with Crippen molar-refractivity contribution in [2.75, 3.05) is 5.32 Å². The van der Waals surface area contributed by atoms with Crippen molar-refractivity contribution in [1.82, 2.24) is 10.6 Å². The summed E-state index contributed by atoms with van der Waals surface area (Å²) in [6.07, 6.45) is 0. The molecule has 5 heteroatoms. The Morgan fingerprint density at radius 1 is 0.962 bits per heavy atom. The van der Waals surface area contributed by atoms with E-state index in [0.717, 1.165) is 27.9 Å². The molecule has 0 spiro atoms. The molecule has 1 atom stereocenters. The summed E-state index contributed by atoms with van der Waals surface area (Å²) in [5.74, 6) is -0.229. The Bertz CT molecular complexity index is 898. The average molecular weight is 349 g/mol. The van der Waals surface area contributed by atoms with Gasteiger partial charge in [0.25, 0.3) is 5.91 Å². The first-order chi connectivity index (χ1) is 12.3. The number of allylic oxidation sites excluding steroid dienone is 1. The number of carbonyl (C=O) groups is 2. The molecular formula is C21H23N3O2. The molecule has 0 unspecified atom stereocenters. The molecule has 1 aliphatic rings. The molecular weight excluding hydrogens is 326 g/mol. The highest BCUT2D eigenvalue weighted by molar-refractivity contribution is 6.07. The van der Waals surface area contributed by atoms with Crippen molar-refractivity contribution in [3.05, 3.63) is 76.0 Å². The molecule has 1 heterocycles. The maximum Gasteiger partial charge on any atom is 0.319 e. The van der Waals surface area contributed by atoms with Crippen LogP contribution in [0.2, 0.25) is 0 Å². The van der Waals surface area contributed by atoms with Crippen molar-refractivity contribution in [3.8, 4) is 0 Å². The lowest BCUT2D eigenvalue weighted by atomic mass is 9.94. The standard InChI is InChI=1S/C21H23N3O2/c1-12-5-8-16(9-6-12)19-18(15(4)22-21(26)24-19)20(25)23-17-10-7-13(2)11-14(17)3/h5-11,19H,1-4H3,(H,23,25)(H2,22,24,26)/t19-/m1/s1. The monoisotopic (exact) mass is 349 g/mol. The van der Waals surface area contributed by atoms with Crippen molar-refractivity contribution < 1.29 is 9.59 Å². The van der Waals surface area contributed by atoms with Crippen LogP contribution in [0.5, 0.6) is 0 Å². The molecule has 0 radical (unpaired) electrons. The first kappa shape index (κ1) is 17.7. The molecule has 0 bridgehead atoms. The van der Waals surface area contributed by atoms with Crippen LogP contribution in [0.15, 0.2) is 53.7 Å². The zero-order valence-electron chi connectivity index (χ0n) is 15.4. The van der Waals surface area contributed by atoms with E-state index in [1.54, 1.807) is 6.92 Å². The van der Waals surface area contributed by atoms with Crippen molar-refractivity contribution >= 4 is 17.6 Å². The van der Waals surface area contributed by atoms with Crippen LogP contribution in [-0.2, 0) is 4.79 Å². The van der Waals surface area contributed by atoms with Crippen LogP contribution in [0.4, 0.5) is 10.5 Å². The first-order valence-electron chi connectivity index (χ1n) is 8.58. The van der Waals surface area contributed by atoms with Crippen molar-refractivity contribution in [3.63, 3.8) is 0 Å². The largest absolute Gasteiger partial charge is 0.327 e. The average Bonchev–Trinajstić information content (AvgIpc) is 2.57. The predicted molar refractivity (Wildman–Crippen MR) is 103 cm³/mol. The van der Waals surface area contributed by atoms with Crippen LogP contribution in [0.3, 0.4) is 0 Å². The third kappa shape index (κ3) is 3.61. The molecule has 3 rings (SSSR count). The number of benzene rings is 2. The van der Waals surface area contributed by atoms with Gasteiger partial charge < -0.3 is 16.0 Å². The molecule has 0 saturated carbocycles. The molecule has 0 aliphatic carbocycles. The minimum atomic E-state index is -0.491. The second-order valence-electron chi connectivity index (χ2n) is 6.75. The molecule has 1 aliphatic heterocycles. The van der Waals surface area contributed by atoms with E-state index < -0.39 is 6.04 Å². The lowest BCUT2D eigenvalue weighted by molar-refractivity contribution is -0.113. The molecule has 2 aromatic carbocycles. The van der Waals surface area contributed by atoms with Crippen LogP contribution >= 0.6 is 0 Å². The Morgan fingerprint density at radius 2 is 1.62 bits per heavy atom. The lowest BCUT2D eigenvalue weighted by Gasteiger charge is -2.29. The SMILES string of the molecule is CC1=C(C(=O)Nc2ccc(C)cc2C)[C@@H](c2ccc(C)cc2)NC(=O)N1. The van der Waals surface area contributed by atoms with Crippen LogP contribution < -0.4 is 16.0 Å². The van der Waals surface area contributed by atoms with Crippen LogP contribution in [-0.4, -0.2) is 11.9 Å². The number of aryl methyl sites for hydroxylation is 3. The van der Waals surface area contributed by atoms with Gasteiger partial charge in [-0.25, -0.2) is 4.79 Å². The summed E-state index contributed by atoms with van der Waals surface area (Å²) >= 11 is 0. The number of hydrogen-bond acceptors (Lipinski definition) is 2. The Hall–Kier alpha value is -3.08. The fourth-order valence-electron chi connectivity index (χ4n) is 3.15. The van der Waals surface area contributed by atoms with E-state index >= 15 is 0 Å². The first-order valence-corrected chi connectivity index (χ1v) is 8.58. The Labute approximate surface area is 153 Å². The molecule has 5 nitrogen and oxygen atoms in total. The summed E-state index contributed by atoms with van der Waals surface area (Å²) in [5.41, 5.74) is 5.96. The van der Waals surface area contributed by atoms with Gasteiger partial charge in [0.15, 0.2) is 0 Å². The lowest BCUT2D eigenvalue weighted by Crippen LogP contribution is -2.46. The number of carbonyl (C=O) groups excluding carboxylic acids is 2. The summed E-state index contributed by atoms with van der Waals surface area (Å²) in [7, 11) is 0. The Kier molecular flexibility index (Phi) is 4.80. The molecule has 134 valence electrons. The van der Waals surface area contributed by atoms with Crippen LogP contribution in [0.1, 0.15) is 35.2 Å². The topological polar surface area (TPSA) is 70.2 Å². The van der Waals surface area contributed by atoms with Gasteiger partial charge in [-0.15, -0.1) is 0 Å². The number of hydrogen-bond donors (Lipinski definition) is 3. The van der Waals surface area contributed by atoms with Gasteiger partial charge in [-0.2, -0.15) is 0 Å². The van der Waals surface area contributed by atoms with Gasteiger partial charge in [0.2, 0.25) is 0 Å². The van der Waals surface area contributed by atoms with E-state index in [4.69, 9.17) is 0 Å². The Morgan fingerprint density at radius 3 is 2.27 bits per heavy atom. The zero-order valence-corrected chi connectivity index (χ0v) is 15.4. The van der Waals surface area contributed by atoms with E-state index in [0.29, 0.717) is 11.3 Å². The molecule has 26 heavy (non-hydrogen) atoms. The van der Waals surface area contributed by atoms with Gasteiger partial charge in [-0.3, -0.25) is 4.79 Å². The summed E-state index contributed by atoms with van der Waals surface area (Å²) in [5, 5.41) is 8.53. The van der Waals surface area contributed by atoms with Gasteiger partial charge in [-0.1, -0.05) is 47.5 Å². The van der Waals surface area contributed by atoms with Gasteiger partial charge in [0, 0.05) is 11.4 Å². The van der Waals surface area contributed by atoms with E-state index in [2.05, 4.69) is 16.0 Å². The molecule has 0 saturated heterocycles. The number of anilines is 1. The van der Waals surface area contributed by atoms with Crippen molar-refractivity contribution in [2.24, 2.45) is 0 Å². The van der Waals surface area contributed by atoms with Gasteiger partial charge in [0.1, 0.15) is 0 Å². The maximum atomic E-state index is 13.0. The summed E-state index contributed by atoms with van der Waals surface area (Å²) in [4.78, 5) is 25.0. The quantitative estimate of drug-likeness (QED) is 0.787. The van der Waals surface area contributed by atoms with Crippen molar-refractivity contribution in [2.45, 2.75) is 33.7 Å². The third-order valence-corrected chi connectivity index (χ3v) is 4.55. The van der Waals surface area contributed by atoms with Gasteiger partial charge >= 0.3 is 6.03 Å². The number of urea groups is 1. The third-order valence-electron chi connectivity index (χ3n) is 4.55. The normalized spacial score (nSPS) is 16.8. The molecule has 2 aromatic rings. The number of rotatable bonds is 3. The maximum absolute atomic E-state index is 13.0. The zero-order chi connectivity index (χ0) is 18.8. The predicted octanol–water partition coefficient (Wildman–Crippen LogP) is 3.88. The minimum Gasteiger partial charge on any atom is -0.327 e. The van der Waals surface area contributed by atoms with Gasteiger partial charge in [0.05, 0.1) is 11.6 Å².